The SMILES string of the molecule is CCc1ccc(C2C3=C(CC(C)(C)CC3=O)Nc3c(C(=O)Nc4ccc(Cl)cc4)cnn32)cc1. The maximum Gasteiger partial charge on any atom is 0.261 e. The molecule has 1 amide bonds. The van der Waals surface area contributed by atoms with Crippen LogP contribution in [0.25, 0.3) is 0 Å². The third-order valence-electron chi connectivity index (χ3n) is 6.55. The van der Waals surface area contributed by atoms with E-state index in [0.717, 1.165) is 29.7 Å². The molecular weight excluding hydrogens is 448 g/mol. The number of ketones is 1. The fraction of sp³-hybridized carbons (Fsp3) is 0.296. The van der Waals surface area contributed by atoms with Crippen LogP contribution in [0, 0.1) is 5.41 Å². The lowest BCUT2D eigenvalue weighted by Gasteiger charge is -2.39. The summed E-state index contributed by atoms with van der Waals surface area (Å²) in [6.45, 7) is 6.31. The third kappa shape index (κ3) is 4.03. The van der Waals surface area contributed by atoms with Crippen LogP contribution in [-0.4, -0.2) is 21.5 Å². The number of aromatic nitrogens is 2. The van der Waals surface area contributed by atoms with Gasteiger partial charge in [0, 0.05) is 28.4 Å². The standard InChI is InChI=1S/C27H27ClN4O2/c1-4-16-5-7-17(8-6-16)24-23-21(13-27(2,3)14-22(23)33)31-25-20(15-29-32(24)25)26(34)30-19-11-9-18(28)10-12-19/h5-12,15,24,31H,4,13-14H2,1-3H3,(H,30,34). The minimum Gasteiger partial charge on any atom is -0.343 e. The average molecular weight is 475 g/mol. The monoisotopic (exact) mass is 474 g/mol. The summed E-state index contributed by atoms with van der Waals surface area (Å²) in [6, 6.07) is 14.9. The highest BCUT2D eigenvalue weighted by atomic mass is 35.5. The molecule has 0 bridgehead atoms. The predicted octanol–water partition coefficient (Wildman–Crippen LogP) is 6.01. The van der Waals surface area contributed by atoms with E-state index in [1.807, 2.05) is 0 Å². The Kier molecular flexibility index (Phi) is 5.56. The van der Waals surface area contributed by atoms with Gasteiger partial charge in [0.2, 0.25) is 0 Å². The van der Waals surface area contributed by atoms with Gasteiger partial charge in [-0.25, -0.2) is 4.68 Å². The summed E-state index contributed by atoms with van der Waals surface area (Å²) in [5.74, 6) is 0.443. The molecule has 5 rings (SSSR count). The highest BCUT2D eigenvalue weighted by Gasteiger charge is 2.42. The van der Waals surface area contributed by atoms with E-state index in [0.29, 0.717) is 28.5 Å². The molecule has 0 spiro atoms. The number of hydrogen-bond donors (Lipinski definition) is 2. The van der Waals surface area contributed by atoms with E-state index < -0.39 is 0 Å². The van der Waals surface area contributed by atoms with Crippen LogP contribution in [0.4, 0.5) is 11.5 Å². The summed E-state index contributed by atoms with van der Waals surface area (Å²) in [6.07, 6.45) is 3.71. The molecule has 0 fully saturated rings. The molecule has 0 saturated heterocycles. The van der Waals surface area contributed by atoms with Crippen molar-refractivity contribution in [1.29, 1.82) is 0 Å². The molecule has 2 heterocycles. The number of aryl methyl sites for hydroxylation is 1. The molecule has 2 N–H and O–H groups in total. The van der Waals surface area contributed by atoms with Crippen molar-refractivity contribution in [1.82, 2.24) is 9.78 Å². The first-order chi connectivity index (χ1) is 16.3. The third-order valence-corrected chi connectivity index (χ3v) is 6.81. The van der Waals surface area contributed by atoms with Gasteiger partial charge in [0.1, 0.15) is 17.4 Å². The summed E-state index contributed by atoms with van der Waals surface area (Å²) in [4.78, 5) is 26.5. The Balaban J connectivity index is 1.58. The van der Waals surface area contributed by atoms with Crippen LogP contribution >= 0.6 is 11.6 Å². The Morgan fingerprint density at radius 3 is 2.53 bits per heavy atom. The molecule has 1 aliphatic heterocycles. The lowest BCUT2D eigenvalue weighted by molar-refractivity contribution is -0.118. The van der Waals surface area contributed by atoms with Crippen LogP contribution in [0.1, 0.15) is 61.1 Å². The topological polar surface area (TPSA) is 76.0 Å². The van der Waals surface area contributed by atoms with Crippen molar-refractivity contribution in [2.24, 2.45) is 5.41 Å². The Morgan fingerprint density at radius 2 is 1.85 bits per heavy atom. The quantitative estimate of drug-likeness (QED) is 0.485. The molecule has 2 aromatic carbocycles. The van der Waals surface area contributed by atoms with Crippen molar-refractivity contribution in [3.05, 3.63) is 87.7 Å². The number of carbonyl (C=O) groups excluding carboxylic acids is 2. The molecule has 1 aliphatic carbocycles. The van der Waals surface area contributed by atoms with E-state index in [4.69, 9.17) is 11.6 Å². The van der Waals surface area contributed by atoms with Crippen molar-refractivity contribution in [3.8, 4) is 0 Å². The van der Waals surface area contributed by atoms with Crippen molar-refractivity contribution in [3.63, 3.8) is 0 Å². The van der Waals surface area contributed by atoms with Crippen molar-refractivity contribution < 1.29 is 9.59 Å². The van der Waals surface area contributed by atoms with Crippen LogP contribution < -0.4 is 10.6 Å². The van der Waals surface area contributed by atoms with Gasteiger partial charge in [-0.1, -0.05) is 56.6 Å². The number of allylic oxidation sites excluding steroid dienone is 2. The molecule has 0 saturated carbocycles. The number of nitrogens with zero attached hydrogens (tertiary/aromatic N) is 2. The van der Waals surface area contributed by atoms with Crippen molar-refractivity contribution in [2.75, 3.05) is 10.6 Å². The van der Waals surface area contributed by atoms with Crippen LogP contribution in [0.15, 0.2) is 66.0 Å². The second kappa shape index (κ2) is 8.44. The molecule has 2 aliphatic rings. The second-order valence-electron chi connectivity index (χ2n) is 9.77. The second-order valence-corrected chi connectivity index (χ2v) is 10.2. The zero-order chi connectivity index (χ0) is 24.0. The summed E-state index contributed by atoms with van der Waals surface area (Å²) in [5, 5.41) is 11.5. The lowest BCUT2D eigenvalue weighted by Crippen LogP contribution is -2.37. The first kappa shape index (κ1) is 22.4. The zero-order valence-corrected chi connectivity index (χ0v) is 20.2. The number of hydrogen-bond acceptors (Lipinski definition) is 4. The number of halogens is 1. The summed E-state index contributed by atoms with van der Waals surface area (Å²) in [5.41, 5.74) is 4.73. The van der Waals surface area contributed by atoms with Crippen molar-refractivity contribution >= 4 is 34.8 Å². The normalized spacial score (nSPS) is 18.7. The predicted molar refractivity (Wildman–Crippen MR) is 134 cm³/mol. The van der Waals surface area contributed by atoms with E-state index >= 15 is 0 Å². The molecule has 3 aromatic rings. The number of fused-ring (bicyclic) bond motifs is 1. The minimum atomic E-state index is -0.377. The number of anilines is 2. The van der Waals surface area contributed by atoms with E-state index in [1.165, 1.54) is 5.56 Å². The molecule has 6 nitrogen and oxygen atoms in total. The van der Waals surface area contributed by atoms with Crippen LogP contribution in [0.5, 0.6) is 0 Å². The van der Waals surface area contributed by atoms with E-state index in [2.05, 4.69) is 60.8 Å². The van der Waals surface area contributed by atoms with Crippen LogP contribution in [0.2, 0.25) is 5.02 Å². The highest BCUT2D eigenvalue weighted by Crippen LogP contribution is 2.46. The van der Waals surface area contributed by atoms with Gasteiger partial charge in [0.15, 0.2) is 5.78 Å². The largest absolute Gasteiger partial charge is 0.343 e. The van der Waals surface area contributed by atoms with E-state index in [9.17, 15) is 9.59 Å². The van der Waals surface area contributed by atoms with Gasteiger partial charge in [0.05, 0.1) is 6.20 Å². The maximum absolute atomic E-state index is 13.3. The highest BCUT2D eigenvalue weighted by molar-refractivity contribution is 6.30. The lowest BCUT2D eigenvalue weighted by atomic mass is 9.73. The molecule has 0 radical (unpaired) electrons. The van der Waals surface area contributed by atoms with Gasteiger partial charge in [0.25, 0.3) is 5.91 Å². The smallest absolute Gasteiger partial charge is 0.261 e. The Hall–Kier alpha value is -3.38. The first-order valence-corrected chi connectivity index (χ1v) is 11.9. The van der Waals surface area contributed by atoms with E-state index in [1.54, 1.807) is 35.1 Å². The fourth-order valence-electron chi connectivity index (χ4n) is 4.85. The average Bonchev–Trinajstić information content (AvgIpc) is 3.22. The van der Waals surface area contributed by atoms with E-state index in [-0.39, 0.29) is 23.1 Å². The van der Waals surface area contributed by atoms with Crippen LogP contribution in [0.3, 0.4) is 0 Å². The van der Waals surface area contributed by atoms with Crippen LogP contribution in [-0.2, 0) is 11.2 Å². The first-order valence-electron chi connectivity index (χ1n) is 11.5. The fourth-order valence-corrected chi connectivity index (χ4v) is 4.98. The zero-order valence-electron chi connectivity index (χ0n) is 19.5. The Morgan fingerprint density at radius 1 is 1.15 bits per heavy atom. The molecule has 1 aromatic heterocycles. The number of carbonyl (C=O) groups is 2. The molecule has 7 heteroatoms. The van der Waals surface area contributed by atoms with Gasteiger partial charge in [-0.3, -0.25) is 9.59 Å². The molecular formula is C27H27ClN4O2. The van der Waals surface area contributed by atoms with Crippen molar-refractivity contribution in [2.45, 2.75) is 46.1 Å². The van der Waals surface area contributed by atoms with Gasteiger partial charge in [-0.15, -0.1) is 0 Å². The summed E-state index contributed by atoms with van der Waals surface area (Å²) >= 11 is 5.97. The molecule has 1 atom stereocenters. The van der Waals surface area contributed by atoms with Gasteiger partial charge >= 0.3 is 0 Å². The van der Waals surface area contributed by atoms with Gasteiger partial charge < -0.3 is 10.6 Å². The number of rotatable bonds is 4. The Bertz CT molecular complexity index is 1300. The van der Waals surface area contributed by atoms with Gasteiger partial charge in [-0.2, -0.15) is 5.10 Å². The molecule has 1 unspecified atom stereocenters. The molecule has 174 valence electrons. The number of benzene rings is 2. The number of amides is 1. The summed E-state index contributed by atoms with van der Waals surface area (Å²) in [7, 11) is 0. The number of Topliss-reactive ketones (excluding diaryl/α,β-unsaturated/α-hetero) is 1. The minimum absolute atomic E-state index is 0.122. The van der Waals surface area contributed by atoms with Gasteiger partial charge in [-0.05, 0) is 53.6 Å². The maximum atomic E-state index is 13.3. The summed E-state index contributed by atoms with van der Waals surface area (Å²) < 4.78 is 1.77. The number of nitrogens with one attached hydrogen (secondary N) is 2. The Labute approximate surface area is 204 Å². The molecule has 34 heavy (non-hydrogen) atoms.